The summed E-state index contributed by atoms with van der Waals surface area (Å²) in [6.45, 7) is 9.32. The lowest BCUT2D eigenvalue weighted by molar-refractivity contribution is 0.147. The second-order valence-electron chi connectivity index (χ2n) is 5.07. The summed E-state index contributed by atoms with van der Waals surface area (Å²) in [5, 5.41) is 3.40. The molecule has 0 radical (unpaired) electrons. The van der Waals surface area contributed by atoms with Crippen LogP contribution in [0.25, 0.3) is 0 Å². The van der Waals surface area contributed by atoms with Crippen LogP contribution in [0.15, 0.2) is 6.20 Å². The van der Waals surface area contributed by atoms with Crippen LogP contribution in [0.1, 0.15) is 25.5 Å². The van der Waals surface area contributed by atoms with E-state index in [1.165, 1.54) is 0 Å². The maximum absolute atomic E-state index is 5.43. The topological polar surface area (TPSA) is 48.3 Å². The maximum atomic E-state index is 5.43. The van der Waals surface area contributed by atoms with Crippen molar-refractivity contribution < 1.29 is 9.47 Å². The van der Waals surface area contributed by atoms with Crippen molar-refractivity contribution in [1.29, 1.82) is 0 Å². The Balaban J connectivity index is 1.81. The molecule has 0 amide bonds. The number of hydrogen-bond donors (Lipinski definition) is 1. The van der Waals surface area contributed by atoms with Gasteiger partial charge in [-0.2, -0.15) is 0 Å². The number of anilines is 1. The quantitative estimate of drug-likeness (QED) is 0.733. The molecule has 1 N–H and O–H groups in total. The van der Waals surface area contributed by atoms with Crippen molar-refractivity contribution in [2.45, 2.75) is 33.2 Å². The van der Waals surface area contributed by atoms with Gasteiger partial charge in [0, 0.05) is 45.0 Å². The van der Waals surface area contributed by atoms with Gasteiger partial charge in [-0.15, -0.1) is 0 Å². The minimum atomic E-state index is 0.623. The largest absolute Gasteiger partial charge is 0.382 e. The van der Waals surface area contributed by atoms with E-state index in [0.717, 1.165) is 64.0 Å². The first kappa shape index (κ1) is 14.3. The Kier molecular flexibility index (Phi) is 5.66. The number of hydrogen-bond acceptors (Lipinski definition) is 4. The van der Waals surface area contributed by atoms with Gasteiger partial charge in [0.1, 0.15) is 0 Å². The number of ether oxygens (including phenoxy) is 2. The Labute approximate surface area is 115 Å². The van der Waals surface area contributed by atoms with Crippen LogP contribution >= 0.6 is 0 Å². The van der Waals surface area contributed by atoms with Gasteiger partial charge in [0.2, 0.25) is 5.95 Å². The van der Waals surface area contributed by atoms with Gasteiger partial charge >= 0.3 is 0 Å². The summed E-state index contributed by atoms with van der Waals surface area (Å²) in [5.74, 6) is 1.60. The predicted octanol–water partition coefficient (Wildman–Crippen LogP) is 2.07. The Bertz CT molecular complexity index is 373. The summed E-state index contributed by atoms with van der Waals surface area (Å²) in [7, 11) is 0. The minimum Gasteiger partial charge on any atom is -0.382 e. The molecule has 1 aliphatic heterocycles. The number of rotatable bonds is 8. The van der Waals surface area contributed by atoms with Crippen molar-refractivity contribution in [3.63, 3.8) is 0 Å². The molecule has 0 spiro atoms. The molecule has 1 unspecified atom stereocenters. The van der Waals surface area contributed by atoms with Gasteiger partial charge in [-0.3, -0.25) is 0 Å². The van der Waals surface area contributed by atoms with Crippen LogP contribution in [-0.2, 0) is 16.0 Å². The van der Waals surface area contributed by atoms with Crippen LogP contribution in [0.3, 0.4) is 0 Å². The summed E-state index contributed by atoms with van der Waals surface area (Å²) < 4.78 is 13.0. The van der Waals surface area contributed by atoms with E-state index in [9.17, 15) is 0 Å². The molecule has 1 atom stereocenters. The summed E-state index contributed by atoms with van der Waals surface area (Å²) in [6, 6.07) is 0. The molecule has 1 saturated heterocycles. The standard InChI is InChI=1S/C14H25N3O2/c1-3-18-7-4-6-15-14-16-12(2)9-17(14)10-13-5-8-19-11-13/h9,13H,3-8,10-11H2,1-2H3,(H,15,16). The fraction of sp³-hybridized carbons (Fsp3) is 0.786. The van der Waals surface area contributed by atoms with Crippen molar-refractivity contribution in [2.75, 3.05) is 38.3 Å². The van der Waals surface area contributed by atoms with E-state index in [1.807, 2.05) is 13.8 Å². The fourth-order valence-electron chi connectivity index (χ4n) is 2.35. The first-order valence-electron chi connectivity index (χ1n) is 7.22. The Morgan fingerprint density at radius 1 is 1.58 bits per heavy atom. The number of nitrogens with one attached hydrogen (secondary N) is 1. The second kappa shape index (κ2) is 7.50. The first-order chi connectivity index (χ1) is 9.29. The van der Waals surface area contributed by atoms with Crippen LogP contribution in [0.5, 0.6) is 0 Å². The molecular weight excluding hydrogens is 242 g/mol. The molecule has 108 valence electrons. The zero-order chi connectivity index (χ0) is 13.5. The highest BCUT2D eigenvalue weighted by molar-refractivity contribution is 5.28. The van der Waals surface area contributed by atoms with E-state index in [4.69, 9.17) is 9.47 Å². The van der Waals surface area contributed by atoms with E-state index in [0.29, 0.717) is 5.92 Å². The summed E-state index contributed by atoms with van der Waals surface area (Å²) in [6.07, 6.45) is 4.27. The highest BCUT2D eigenvalue weighted by atomic mass is 16.5. The van der Waals surface area contributed by atoms with Gasteiger partial charge in [-0.25, -0.2) is 4.98 Å². The molecule has 5 heteroatoms. The first-order valence-corrected chi connectivity index (χ1v) is 7.22. The van der Waals surface area contributed by atoms with Gasteiger partial charge in [0.15, 0.2) is 0 Å². The van der Waals surface area contributed by atoms with Crippen molar-refractivity contribution in [1.82, 2.24) is 9.55 Å². The number of aromatic nitrogens is 2. The van der Waals surface area contributed by atoms with Crippen molar-refractivity contribution in [3.8, 4) is 0 Å². The average Bonchev–Trinajstić information content (AvgIpc) is 3.00. The second-order valence-corrected chi connectivity index (χ2v) is 5.07. The molecule has 1 aromatic rings. The van der Waals surface area contributed by atoms with Gasteiger partial charge < -0.3 is 19.4 Å². The Morgan fingerprint density at radius 3 is 3.21 bits per heavy atom. The van der Waals surface area contributed by atoms with Crippen LogP contribution < -0.4 is 5.32 Å². The van der Waals surface area contributed by atoms with Gasteiger partial charge in [-0.05, 0) is 26.7 Å². The van der Waals surface area contributed by atoms with Gasteiger partial charge in [0.25, 0.3) is 0 Å². The lowest BCUT2D eigenvalue weighted by atomic mass is 10.1. The van der Waals surface area contributed by atoms with Crippen molar-refractivity contribution in [2.24, 2.45) is 5.92 Å². The van der Waals surface area contributed by atoms with E-state index >= 15 is 0 Å². The van der Waals surface area contributed by atoms with E-state index < -0.39 is 0 Å². The van der Waals surface area contributed by atoms with Gasteiger partial charge in [0.05, 0.1) is 12.3 Å². The molecular formula is C14H25N3O2. The fourth-order valence-corrected chi connectivity index (χ4v) is 2.35. The zero-order valence-electron chi connectivity index (χ0n) is 12.0. The van der Waals surface area contributed by atoms with Crippen LogP contribution in [0.2, 0.25) is 0 Å². The van der Waals surface area contributed by atoms with Crippen LogP contribution in [-0.4, -0.2) is 42.5 Å². The highest BCUT2D eigenvalue weighted by Gasteiger charge is 2.17. The normalized spacial score (nSPS) is 18.9. The average molecular weight is 267 g/mol. The molecule has 0 saturated carbocycles. The molecule has 1 fully saturated rings. The number of nitrogens with zero attached hydrogens (tertiary/aromatic N) is 2. The Morgan fingerprint density at radius 2 is 2.47 bits per heavy atom. The Hall–Kier alpha value is -1.07. The minimum absolute atomic E-state index is 0.623. The van der Waals surface area contributed by atoms with E-state index in [1.54, 1.807) is 0 Å². The van der Waals surface area contributed by atoms with Crippen LogP contribution in [0.4, 0.5) is 5.95 Å². The van der Waals surface area contributed by atoms with Gasteiger partial charge in [-0.1, -0.05) is 0 Å². The van der Waals surface area contributed by atoms with E-state index in [-0.39, 0.29) is 0 Å². The molecule has 2 heterocycles. The summed E-state index contributed by atoms with van der Waals surface area (Å²) >= 11 is 0. The molecule has 0 aliphatic carbocycles. The lowest BCUT2D eigenvalue weighted by Crippen LogP contribution is -2.15. The number of aryl methyl sites for hydroxylation is 1. The van der Waals surface area contributed by atoms with Crippen molar-refractivity contribution >= 4 is 5.95 Å². The molecule has 5 nitrogen and oxygen atoms in total. The molecule has 19 heavy (non-hydrogen) atoms. The molecule has 2 rings (SSSR count). The highest BCUT2D eigenvalue weighted by Crippen LogP contribution is 2.18. The monoisotopic (exact) mass is 267 g/mol. The van der Waals surface area contributed by atoms with E-state index in [2.05, 4.69) is 21.1 Å². The molecule has 0 aromatic carbocycles. The third kappa shape index (κ3) is 4.51. The molecule has 1 aliphatic rings. The zero-order valence-corrected chi connectivity index (χ0v) is 12.0. The lowest BCUT2D eigenvalue weighted by Gasteiger charge is -2.12. The maximum Gasteiger partial charge on any atom is 0.203 e. The molecule has 0 bridgehead atoms. The van der Waals surface area contributed by atoms with Crippen molar-refractivity contribution in [3.05, 3.63) is 11.9 Å². The number of imidazole rings is 1. The predicted molar refractivity (Wildman–Crippen MR) is 75.5 cm³/mol. The summed E-state index contributed by atoms with van der Waals surface area (Å²) in [5.41, 5.74) is 1.06. The third-order valence-electron chi connectivity index (χ3n) is 3.33. The summed E-state index contributed by atoms with van der Waals surface area (Å²) in [4.78, 5) is 4.54. The smallest absolute Gasteiger partial charge is 0.203 e. The molecule has 1 aromatic heterocycles. The third-order valence-corrected chi connectivity index (χ3v) is 3.33. The van der Waals surface area contributed by atoms with Crippen LogP contribution in [0, 0.1) is 12.8 Å². The SMILES string of the molecule is CCOCCCNc1nc(C)cn1CC1CCOC1.